The Bertz CT molecular complexity index is 1050. The van der Waals surface area contributed by atoms with Crippen LogP contribution in [-0.2, 0) is 0 Å². The number of carbonyl (C=O) groups is 1. The number of hydrogen-bond donors (Lipinski definition) is 2. The van der Waals surface area contributed by atoms with Crippen molar-refractivity contribution in [3.63, 3.8) is 0 Å². The Morgan fingerprint density at radius 1 is 1.06 bits per heavy atom. The number of piperidine rings is 2. The molecule has 0 aliphatic carbocycles. The summed E-state index contributed by atoms with van der Waals surface area (Å²) in [5.74, 6) is 0.00403. The highest BCUT2D eigenvalue weighted by Gasteiger charge is 2.39. The number of ketones is 1. The van der Waals surface area contributed by atoms with E-state index in [2.05, 4.69) is 4.90 Å². The zero-order valence-electron chi connectivity index (χ0n) is 19.5. The summed E-state index contributed by atoms with van der Waals surface area (Å²) in [4.78, 5) is 16.6. The fourth-order valence-electron chi connectivity index (χ4n) is 4.91. The van der Waals surface area contributed by atoms with E-state index in [0.29, 0.717) is 54.0 Å². The average Bonchev–Trinajstić information content (AvgIpc) is 2.86. The molecule has 0 spiro atoms. The van der Waals surface area contributed by atoms with E-state index in [1.807, 2.05) is 17.0 Å². The molecule has 2 aliphatic rings. The van der Waals surface area contributed by atoms with E-state index in [1.165, 1.54) is 18.2 Å². The third-order valence-electron chi connectivity index (χ3n) is 7.29. The maximum absolute atomic E-state index is 13.2. The third kappa shape index (κ3) is 6.63. The summed E-state index contributed by atoms with van der Waals surface area (Å²) >= 11 is 11.9. The van der Waals surface area contributed by atoms with Crippen molar-refractivity contribution < 1.29 is 19.4 Å². The molecule has 2 saturated heterocycles. The van der Waals surface area contributed by atoms with Crippen molar-refractivity contribution in [3.8, 4) is 0 Å². The van der Waals surface area contributed by atoms with Gasteiger partial charge in [0.05, 0.1) is 21.8 Å². The van der Waals surface area contributed by atoms with Gasteiger partial charge in [0.1, 0.15) is 5.82 Å². The number of carbonyl (C=O) groups excluding carboxylic acids is 1. The van der Waals surface area contributed by atoms with Gasteiger partial charge in [-0.25, -0.2) is 4.39 Å². The zero-order chi connectivity index (χ0) is 25.0. The van der Waals surface area contributed by atoms with Crippen molar-refractivity contribution >= 4 is 29.0 Å². The minimum absolute atomic E-state index is 0.173. The maximum atomic E-state index is 13.2. The van der Waals surface area contributed by atoms with Crippen LogP contribution in [0.15, 0.2) is 54.7 Å². The van der Waals surface area contributed by atoms with Crippen LogP contribution in [0.5, 0.6) is 0 Å². The molecule has 4 rings (SSSR count). The smallest absolute Gasteiger partial charge is 0.187 e. The molecule has 1 atom stereocenters. The first-order valence-electron chi connectivity index (χ1n) is 12.0. The Morgan fingerprint density at radius 2 is 1.71 bits per heavy atom. The van der Waals surface area contributed by atoms with Gasteiger partial charge in [-0.05, 0) is 80.6 Å². The summed E-state index contributed by atoms with van der Waals surface area (Å²) < 4.78 is 13.2. The summed E-state index contributed by atoms with van der Waals surface area (Å²) in [6.07, 6.45) is 5.12. The summed E-state index contributed by atoms with van der Waals surface area (Å²) in [5, 5.41) is 22.7. The first-order chi connectivity index (χ1) is 16.7. The van der Waals surface area contributed by atoms with Gasteiger partial charge in [-0.15, -0.1) is 0 Å². The van der Waals surface area contributed by atoms with Crippen molar-refractivity contribution in [3.05, 3.63) is 81.7 Å². The highest BCUT2D eigenvalue weighted by Crippen LogP contribution is 2.31. The molecule has 2 aromatic rings. The molecule has 2 aliphatic heterocycles. The molecule has 1 unspecified atom stereocenters. The Balaban J connectivity index is 1.23. The van der Waals surface area contributed by atoms with Gasteiger partial charge in [0.15, 0.2) is 5.78 Å². The summed E-state index contributed by atoms with van der Waals surface area (Å²) in [5.41, 5.74) is 0.470. The van der Waals surface area contributed by atoms with Gasteiger partial charge in [0.25, 0.3) is 0 Å². The lowest BCUT2D eigenvalue weighted by Crippen LogP contribution is -2.54. The fraction of sp³-hybridized carbons (Fsp3) is 0.444. The molecule has 2 aromatic carbocycles. The van der Waals surface area contributed by atoms with Crippen LogP contribution in [0.4, 0.5) is 4.39 Å². The molecule has 0 bridgehead atoms. The number of allylic oxidation sites excluding steroid dienone is 1. The zero-order valence-corrected chi connectivity index (χ0v) is 21.1. The summed E-state index contributed by atoms with van der Waals surface area (Å²) in [6.45, 7) is 3.19. The number of aliphatic hydroxyl groups excluding tert-OH is 1. The number of rotatable bonds is 7. The van der Waals surface area contributed by atoms with Gasteiger partial charge in [0, 0.05) is 37.5 Å². The van der Waals surface area contributed by atoms with E-state index >= 15 is 0 Å². The minimum Gasteiger partial charge on any atom is -0.389 e. The highest BCUT2D eigenvalue weighted by atomic mass is 35.5. The van der Waals surface area contributed by atoms with E-state index in [1.54, 1.807) is 24.4 Å². The monoisotopic (exact) mass is 520 g/mol. The lowest BCUT2D eigenvalue weighted by atomic mass is 9.84. The predicted molar refractivity (Wildman–Crippen MR) is 137 cm³/mol. The lowest BCUT2D eigenvalue weighted by Gasteiger charge is -2.43. The van der Waals surface area contributed by atoms with E-state index in [0.717, 1.165) is 31.5 Å². The molecular weight excluding hydrogens is 490 g/mol. The Labute approximate surface area is 215 Å². The number of hydrogen-bond acceptors (Lipinski definition) is 5. The quantitative estimate of drug-likeness (QED) is 0.401. The first kappa shape index (κ1) is 26.1. The summed E-state index contributed by atoms with van der Waals surface area (Å²) in [7, 11) is 0. The SMILES string of the molecule is O=C(C=CN1CCC(O)(C(O)CN2CCC(c3ccc(F)cc3)CC2)CC1)c1ccc(Cl)c(Cl)c1. The van der Waals surface area contributed by atoms with Crippen LogP contribution in [0.1, 0.15) is 47.5 Å². The molecule has 0 amide bonds. The van der Waals surface area contributed by atoms with Gasteiger partial charge in [-0.2, -0.15) is 0 Å². The number of aliphatic hydroxyl groups is 2. The number of halogens is 3. The van der Waals surface area contributed by atoms with E-state index in [4.69, 9.17) is 23.2 Å². The van der Waals surface area contributed by atoms with E-state index in [-0.39, 0.29) is 11.6 Å². The molecule has 0 aromatic heterocycles. The largest absolute Gasteiger partial charge is 0.389 e. The Hall–Kier alpha value is -1.96. The molecule has 8 heteroatoms. The van der Waals surface area contributed by atoms with Gasteiger partial charge >= 0.3 is 0 Å². The standard InChI is InChI=1S/C27H31Cl2FN2O3/c28-23-6-3-21(17-24(23)29)25(33)9-14-31-15-10-27(35,11-16-31)26(34)18-32-12-7-20(8-13-32)19-1-4-22(30)5-2-19/h1-6,9,14,17,20,26,34-35H,7-8,10-13,15-16,18H2. The number of nitrogens with zero attached hydrogens (tertiary/aromatic N) is 2. The van der Waals surface area contributed by atoms with E-state index in [9.17, 15) is 19.4 Å². The summed E-state index contributed by atoms with van der Waals surface area (Å²) in [6, 6.07) is 11.5. The second-order valence-electron chi connectivity index (χ2n) is 9.59. The molecule has 2 heterocycles. The molecule has 2 fully saturated rings. The second-order valence-corrected chi connectivity index (χ2v) is 10.4. The van der Waals surface area contributed by atoms with Crippen LogP contribution in [-0.4, -0.2) is 70.2 Å². The van der Waals surface area contributed by atoms with Crippen LogP contribution < -0.4 is 0 Å². The molecule has 2 N–H and O–H groups in total. The van der Waals surface area contributed by atoms with Crippen molar-refractivity contribution in [2.45, 2.75) is 43.3 Å². The Kier molecular flexibility index (Phi) is 8.50. The van der Waals surface area contributed by atoms with Crippen LogP contribution in [0.25, 0.3) is 0 Å². The van der Waals surface area contributed by atoms with Gasteiger partial charge in [-0.1, -0.05) is 35.3 Å². The van der Waals surface area contributed by atoms with Crippen LogP contribution in [0.3, 0.4) is 0 Å². The minimum atomic E-state index is -1.15. The predicted octanol–water partition coefficient (Wildman–Crippen LogP) is 4.90. The van der Waals surface area contributed by atoms with Crippen molar-refractivity contribution in [2.24, 2.45) is 0 Å². The topological polar surface area (TPSA) is 64.0 Å². The van der Waals surface area contributed by atoms with Crippen molar-refractivity contribution in [1.82, 2.24) is 9.80 Å². The van der Waals surface area contributed by atoms with E-state index < -0.39 is 11.7 Å². The van der Waals surface area contributed by atoms with Crippen LogP contribution >= 0.6 is 23.2 Å². The molecule has 5 nitrogen and oxygen atoms in total. The van der Waals surface area contributed by atoms with Crippen molar-refractivity contribution in [1.29, 1.82) is 0 Å². The molecule has 35 heavy (non-hydrogen) atoms. The highest BCUT2D eigenvalue weighted by molar-refractivity contribution is 6.42. The molecule has 188 valence electrons. The van der Waals surface area contributed by atoms with Gasteiger partial charge in [-0.3, -0.25) is 4.79 Å². The van der Waals surface area contributed by atoms with Gasteiger partial charge < -0.3 is 20.0 Å². The number of benzene rings is 2. The number of β-amino-alcohol motifs (C(OH)–C–C–N with tert-alkyl or cyclic N) is 1. The van der Waals surface area contributed by atoms with Gasteiger partial charge in [0.2, 0.25) is 0 Å². The van der Waals surface area contributed by atoms with Crippen LogP contribution in [0.2, 0.25) is 10.0 Å². The third-order valence-corrected chi connectivity index (χ3v) is 8.02. The Morgan fingerprint density at radius 3 is 2.34 bits per heavy atom. The molecule has 0 saturated carbocycles. The molecular formula is C27H31Cl2FN2O3. The molecule has 0 radical (unpaired) electrons. The maximum Gasteiger partial charge on any atom is 0.187 e. The van der Waals surface area contributed by atoms with Crippen molar-refractivity contribution in [2.75, 3.05) is 32.7 Å². The second kappa shape index (κ2) is 11.4. The first-order valence-corrected chi connectivity index (χ1v) is 12.8. The average molecular weight is 521 g/mol. The lowest BCUT2D eigenvalue weighted by molar-refractivity contribution is -0.114. The normalized spacial score (nSPS) is 20.3. The van der Waals surface area contributed by atoms with Crippen LogP contribution in [0, 0.1) is 5.82 Å². The fourth-order valence-corrected chi connectivity index (χ4v) is 5.21. The number of likely N-dealkylation sites (tertiary alicyclic amines) is 2.